The van der Waals surface area contributed by atoms with Gasteiger partial charge in [0, 0.05) is 6.42 Å². The molecule has 0 aromatic carbocycles. The first-order valence-electron chi connectivity index (χ1n) is 12.1. The van der Waals surface area contributed by atoms with Crippen molar-refractivity contribution in [3.63, 3.8) is 0 Å². The average Bonchev–Trinajstić information content (AvgIpc) is 2.80. The van der Waals surface area contributed by atoms with E-state index < -0.39 is 49.5 Å². The van der Waals surface area contributed by atoms with E-state index in [0.717, 1.165) is 44.9 Å². The van der Waals surface area contributed by atoms with E-state index in [1.54, 1.807) is 6.08 Å². The zero-order chi connectivity index (χ0) is 24.6. The van der Waals surface area contributed by atoms with E-state index in [-0.39, 0.29) is 12.5 Å². The Labute approximate surface area is 197 Å². The van der Waals surface area contributed by atoms with Crippen molar-refractivity contribution in [2.45, 2.75) is 108 Å². The standard InChI is InChI=1S/C24H43NO8/c1-3-5-7-8-9-10-12-13-18(27)17(25-20(28)14-11-6-4-2)16-32-24-23(31)22(30)21(29)19(15-26)33-24/h7-8,12-13,17-19,21-24,26-27,29-31H,3-6,9-11,14-16H2,1-2H3,(H,25,28)/b8-7+,13-12+. The molecule has 0 bridgehead atoms. The monoisotopic (exact) mass is 473 g/mol. The highest BCUT2D eigenvalue weighted by atomic mass is 16.7. The fourth-order valence-electron chi connectivity index (χ4n) is 3.41. The Morgan fingerprint density at radius 1 is 1.00 bits per heavy atom. The van der Waals surface area contributed by atoms with Gasteiger partial charge in [-0.2, -0.15) is 0 Å². The van der Waals surface area contributed by atoms with Crippen LogP contribution in [0.15, 0.2) is 24.3 Å². The highest BCUT2D eigenvalue weighted by Gasteiger charge is 2.44. The molecule has 1 heterocycles. The number of rotatable bonds is 16. The van der Waals surface area contributed by atoms with Gasteiger partial charge in [-0.3, -0.25) is 4.79 Å². The van der Waals surface area contributed by atoms with Crippen LogP contribution in [0.1, 0.15) is 65.2 Å². The Balaban J connectivity index is 2.71. The Morgan fingerprint density at radius 2 is 1.70 bits per heavy atom. The highest BCUT2D eigenvalue weighted by Crippen LogP contribution is 2.22. The van der Waals surface area contributed by atoms with Gasteiger partial charge in [-0.1, -0.05) is 57.4 Å². The SMILES string of the molecule is CCC/C=C/CC/C=C/C(O)C(COC1OC(CO)C(O)C(O)C1O)NC(=O)CCCCC. The van der Waals surface area contributed by atoms with E-state index >= 15 is 0 Å². The van der Waals surface area contributed by atoms with Crippen LogP contribution in [-0.4, -0.2) is 87.5 Å². The number of aliphatic hydroxyl groups is 5. The smallest absolute Gasteiger partial charge is 0.220 e. The molecule has 9 nitrogen and oxygen atoms in total. The van der Waals surface area contributed by atoms with Crippen molar-refractivity contribution in [1.82, 2.24) is 5.32 Å². The molecule has 7 atom stereocenters. The van der Waals surface area contributed by atoms with Crippen LogP contribution in [0, 0.1) is 0 Å². The summed E-state index contributed by atoms with van der Waals surface area (Å²) in [7, 11) is 0. The van der Waals surface area contributed by atoms with Crippen LogP contribution in [0.2, 0.25) is 0 Å². The number of aliphatic hydroxyl groups excluding tert-OH is 5. The second-order valence-electron chi connectivity index (χ2n) is 8.42. The number of hydrogen-bond donors (Lipinski definition) is 6. The summed E-state index contributed by atoms with van der Waals surface area (Å²) in [6.07, 6.45) is 6.27. The number of ether oxygens (including phenoxy) is 2. The number of amides is 1. The Hall–Kier alpha value is -1.33. The molecule has 9 heteroatoms. The molecule has 7 unspecified atom stereocenters. The molecule has 1 aliphatic rings. The third kappa shape index (κ3) is 11.1. The molecule has 0 aliphatic carbocycles. The Bertz CT molecular complexity index is 583. The molecule has 1 fully saturated rings. The maximum absolute atomic E-state index is 12.3. The molecule has 1 amide bonds. The lowest BCUT2D eigenvalue weighted by atomic mass is 9.99. The molecule has 1 saturated heterocycles. The second-order valence-corrected chi connectivity index (χ2v) is 8.42. The molecule has 0 saturated carbocycles. The lowest BCUT2D eigenvalue weighted by Gasteiger charge is -2.40. The first-order chi connectivity index (χ1) is 15.8. The van der Waals surface area contributed by atoms with Gasteiger partial charge in [0.05, 0.1) is 25.4 Å². The van der Waals surface area contributed by atoms with Gasteiger partial charge in [-0.05, 0) is 25.7 Å². The summed E-state index contributed by atoms with van der Waals surface area (Å²) in [6.45, 7) is 3.38. The summed E-state index contributed by atoms with van der Waals surface area (Å²) in [4.78, 5) is 12.3. The summed E-state index contributed by atoms with van der Waals surface area (Å²) in [5.74, 6) is -0.221. The molecule has 0 spiro atoms. The minimum atomic E-state index is -1.56. The van der Waals surface area contributed by atoms with Crippen molar-refractivity contribution in [3.8, 4) is 0 Å². The van der Waals surface area contributed by atoms with Gasteiger partial charge < -0.3 is 40.3 Å². The van der Waals surface area contributed by atoms with E-state index in [4.69, 9.17) is 9.47 Å². The number of unbranched alkanes of at least 4 members (excludes halogenated alkanes) is 4. The highest BCUT2D eigenvalue weighted by molar-refractivity contribution is 5.76. The van der Waals surface area contributed by atoms with E-state index in [1.165, 1.54) is 0 Å². The fraction of sp³-hybridized carbons (Fsp3) is 0.792. The van der Waals surface area contributed by atoms with Crippen molar-refractivity contribution >= 4 is 5.91 Å². The second kappa shape index (κ2) is 17.2. The lowest BCUT2D eigenvalue weighted by molar-refractivity contribution is -0.302. The molecular formula is C24H43NO8. The van der Waals surface area contributed by atoms with Crippen LogP contribution < -0.4 is 5.32 Å². The van der Waals surface area contributed by atoms with Crippen molar-refractivity contribution in [2.24, 2.45) is 0 Å². The largest absolute Gasteiger partial charge is 0.394 e. The summed E-state index contributed by atoms with van der Waals surface area (Å²) in [6, 6.07) is -0.807. The van der Waals surface area contributed by atoms with Gasteiger partial charge in [-0.25, -0.2) is 0 Å². The van der Waals surface area contributed by atoms with E-state index in [0.29, 0.717) is 6.42 Å². The summed E-state index contributed by atoms with van der Waals surface area (Å²) in [5, 5.41) is 52.7. The maximum Gasteiger partial charge on any atom is 0.220 e. The van der Waals surface area contributed by atoms with Crippen molar-refractivity contribution < 1.29 is 39.8 Å². The Morgan fingerprint density at radius 3 is 2.36 bits per heavy atom. The normalized spacial score (nSPS) is 27.8. The van der Waals surface area contributed by atoms with Gasteiger partial charge in [0.15, 0.2) is 6.29 Å². The molecule has 33 heavy (non-hydrogen) atoms. The third-order valence-corrected chi connectivity index (χ3v) is 5.51. The topological polar surface area (TPSA) is 149 Å². The van der Waals surface area contributed by atoms with Crippen molar-refractivity contribution in [1.29, 1.82) is 0 Å². The van der Waals surface area contributed by atoms with Gasteiger partial charge >= 0.3 is 0 Å². The number of hydrogen-bond acceptors (Lipinski definition) is 8. The maximum atomic E-state index is 12.3. The number of carbonyl (C=O) groups excluding carboxylic acids is 1. The zero-order valence-electron chi connectivity index (χ0n) is 19.9. The van der Waals surface area contributed by atoms with Crippen molar-refractivity contribution in [3.05, 3.63) is 24.3 Å². The number of carbonyl (C=O) groups is 1. The van der Waals surface area contributed by atoms with Gasteiger partial charge in [0.2, 0.25) is 5.91 Å². The van der Waals surface area contributed by atoms with E-state index in [2.05, 4.69) is 24.4 Å². The van der Waals surface area contributed by atoms with Gasteiger partial charge in [0.25, 0.3) is 0 Å². The fourth-order valence-corrected chi connectivity index (χ4v) is 3.41. The zero-order valence-corrected chi connectivity index (χ0v) is 19.9. The number of nitrogens with one attached hydrogen (secondary N) is 1. The van der Waals surface area contributed by atoms with Crippen molar-refractivity contribution in [2.75, 3.05) is 13.2 Å². The lowest BCUT2D eigenvalue weighted by Crippen LogP contribution is -2.60. The van der Waals surface area contributed by atoms with Crippen LogP contribution in [0.3, 0.4) is 0 Å². The van der Waals surface area contributed by atoms with Gasteiger partial charge in [-0.15, -0.1) is 0 Å². The molecular weight excluding hydrogens is 430 g/mol. The predicted molar refractivity (Wildman–Crippen MR) is 124 cm³/mol. The summed E-state index contributed by atoms with van der Waals surface area (Å²) < 4.78 is 10.9. The van der Waals surface area contributed by atoms with E-state index in [1.807, 2.05) is 13.0 Å². The average molecular weight is 474 g/mol. The minimum Gasteiger partial charge on any atom is -0.394 e. The van der Waals surface area contributed by atoms with Crippen LogP contribution >= 0.6 is 0 Å². The van der Waals surface area contributed by atoms with Gasteiger partial charge in [0.1, 0.15) is 24.4 Å². The minimum absolute atomic E-state index is 0.204. The first-order valence-corrected chi connectivity index (χ1v) is 12.1. The van der Waals surface area contributed by atoms with Crippen LogP contribution in [0.4, 0.5) is 0 Å². The van der Waals surface area contributed by atoms with Crippen LogP contribution in [0.25, 0.3) is 0 Å². The van der Waals surface area contributed by atoms with Crippen LogP contribution in [-0.2, 0) is 14.3 Å². The Kier molecular flexibility index (Phi) is 15.4. The molecule has 1 rings (SSSR count). The molecule has 1 aliphatic heterocycles. The number of allylic oxidation sites excluding steroid dienone is 3. The molecule has 0 radical (unpaired) electrons. The van der Waals surface area contributed by atoms with Crippen LogP contribution in [0.5, 0.6) is 0 Å². The molecule has 6 N–H and O–H groups in total. The summed E-state index contributed by atoms with van der Waals surface area (Å²) in [5.41, 5.74) is 0. The molecule has 192 valence electrons. The first kappa shape index (κ1) is 29.7. The summed E-state index contributed by atoms with van der Waals surface area (Å²) >= 11 is 0. The third-order valence-electron chi connectivity index (χ3n) is 5.51. The molecule has 0 aromatic heterocycles. The quantitative estimate of drug-likeness (QED) is 0.143. The van der Waals surface area contributed by atoms with E-state index in [9.17, 15) is 30.3 Å². The predicted octanol–water partition coefficient (Wildman–Crippen LogP) is 0.922. The molecule has 0 aromatic rings.